The van der Waals surface area contributed by atoms with E-state index in [-0.39, 0.29) is 17.7 Å². The van der Waals surface area contributed by atoms with E-state index in [1.54, 1.807) is 31.0 Å². The Labute approximate surface area is 146 Å². The van der Waals surface area contributed by atoms with Crippen molar-refractivity contribution in [3.8, 4) is 0 Å². The third-order valence-corrected chi connectivity index (χ3v) is 4.60. The molecule has 2 aromatic carbocycles. The summed E-state index contributed by atoms with van der Waals surface area (Å²) in [6.45, 7) is 2.58. The Morgan fingerprint density at radius 3 is 2.68 bits per heavy atom. The van der Waals surface area contributed by atoms with Crippen LogP contribution in [0.1, 0.15) is 27.0 Å². The van der Waals surface area contributed by atoms with Gasteiger partial charge in [-0.2, -0.15) is 0 Å². The number of benzene rings is 2. The maximum absolute atomic E-state index is 12.7. The van der Waals surface area contributed by atoms with Crippen LogP contribution in [0, 0.1) is 17.0 Å². The number of hydrogen-bond acceptors (Lipinski definition) is 4. The van der Waals surface area contributed by atoms with E-state index >= 15 is 0 Å². The minimum absolute atomic E-state index is 0.0397. The average molecular weight is 340 g/mol. The fraction of sp³-hybridized carbons (Fsp3) is 0.316. The number of carbonyl (C=O) groups is 1. The second-order valence-corrected chi connectivity index (χ2v) is 6.30. The van der Waals surface area contributed by atoms with Crippen LogP contribution in [0.25, 0.3) is 0 Å². The van der Waals surface area contributed by atoms with Crippen molar-refractivity contribution >= 4 is 11.6 Å². The van der Waals surface area contributed by atoms with Crippen LogP contribution in [-0.2, 0) is 17.8 Å². The van der Waals surface area contributed by atoms with E-state index in [9.17, 15) is 14.9 Å². The number of ether oxygens (including phenoxy) is 1. The van der Waals surface area contributed by atoms with Crippen molar-refractivity contribution in [2.45, 2.75) is 26.1 Å². The number of nitro groups is 1. The summed E-state index contributed by atoms with van der Waals surface area (Å²) in [6, 6.07) is 12.7. The number of nitro benzene ring substituents is 1. The molecule has 0 fully saturated rings. The van der Waals surface area contributed by atoms with Gasteiger partial charge in [0.05, 0.1) is 17.6 Å². The van der Waals surface area contributed by atoms with Gasteiger partial charge in [0, 0.05) is 37.2 Å². The summed E-state index contributed by atoms with van der Waals surface area (Å²) in [5.41, 5.74) is 3.13. The van der Waals surface area contributed by atoms with Gasteiger partial charge in [0.1, 0.15) is 0 Å². The van der Waals surface area contributed by atoms with Crippen molar-refractivity contribution in [1.29, 1.82) is 0 Å². The number of likely N-dealkylation sites (N-methyl/N-ethyl adjacent to an activating group) is 1. The molecule has 25 heavy (non-hydrogen) atoms. The quantitative estimate of drug-likeness (QED) is 0.633. The standard InChI is InChI=1S/C19H20N2O4/c1-13-17(8-5-9-18(13)21(23)24)19(22)20(2)11-16-10-14-6-3-4-7-15(14)12-25-16/h3-9,16H,10-12H2,1-2H3. The number of hydrogen-bond donors (Lipinski definition) is 0. The maximum Gasteiger partial charge on any atom is 0.273 e. The molecular weight excluding hydrogens is 320 g/mol. The molecule has 0 aromatic heterocycles. The summed E-state index contributed by atoms with van der Waals surface area (Å²) < 4.78 is 5.85. The first-order valence-electron chi connectivity index (χ1n) is 8.15. The Kier molecular flexibility index (Phi) is 4.81. The van der Waals surface area contributed by atoms with E-state index in [2.05, 4.69) is 6.07 Å². The van der Waals surface area contributed by atoms with Crippen LogP contribution in [0.5, 0.6) is 0 Å². The van der Waals surface area contributed by atoms with Crippen molar-refractivity contribution in [3.05, 3.63) is 74.8 Å². The Morgan fingerprint density at radius 2 is 1.96 bits per heavy atom. The largest absolute Gasteiger partial charge is 0.371 e. The molecule has 6 heteroatoms. The predicted molar refractivity (Wildman–Crippen MR) is 93.5 cm³/mol. The van der Waals surface area contributed by atoms with Gasteiger partial charge in [0.15, 0.2) is 0 Å². The third kappa shape index (κ3) is 3.53. The molecule has 6 nitrogen and oxygen atoms in total. The second kappa shape index (κ2) is 7.03. The van der Waals surface area contributed by atoms with Gasteiger partial charge in [0.2, 0.25) is 0 Å². The van der Waals surface area contributed by atoms with Crippen LogP contribution >= 0.6 is 0 Å². The topological polar surface area (TPSA) is 72.7 Å². The lowest BCUT2D eigenvalue weighted by atomic mass is 9.98. The van der Waals surface area contributed by atoms with E-state index in [0.29, 0.717) is 24.3 Å². The highest BCUT2D eigenvalue weighted by Gasteiger charge is 2.25. The highest BCUT2D eigenvalue weighted by atomic mass is 16.6. The van der Waals surface area contributed by atoms with Crippen molar-refractivity contribution < 1.29 is 14.5 Å². The normalized spacial score (nSPS) is 16.2. The first-order chi connectivity index (χ1) is 12.0. The van der Waals surface area contributed by atoms with Gasteiger partial charge >= 0.3 is 0 Å². The van der Waals surface area contributed by atoms with E-state index in [0.717, 1.165) is 6.42 Å². The van der Waals surface area contributed by atoms with Crippen LogP contribution in [-0.4, -0.2) is 35.4 Å². The zero-order chi connectivity index (χ0) is 18.0. The Balaban J connectivity index is 1.72. The summed E-state index contributed by atoms with van der Waals surface area (Å²) in [4.78, 5) is 24.9. The smallest absolute Gasteiger partial charge is 0.273 e. The van der Waals surface area contributed by atoms with Gasteiger partial charge in [-0.1, -0.05) is 30.3 Å². The highest BCUT2D eigenvalue weighted by molar-refractivity contribution is 5.96. The van der Waals surface area contributed by atoms with Crippen LogP contribution in [0.15, 0.2) is 42.5 Å². The molecule has 0 aliphatic carbocycles. The number of rotatable bonds is 4. The first kappa shape index (κ1) is 17.1. The lowest BCUT2D eigenvalue weighted by Crippen LogP contribution is -2.38. The van der Waals surface area contributed by atoms with Crippen LogP contribution in [0.3, 0.4) is 0 Å². The molecule has 0 saturated heterocycles. The molecule has 3 rings (SSSR count). The lowest BCUT2D eigenvalue weighted by Gasteiger charge is -2.29. The van der Waals surface area contributed by atoms with Crippen LogP contribution in [0.4, 0.5) is 5.69 Å². The molecule has 0 saturated carbocycles. The number of carbonyl (C=O) groups excluding carboxylic acids is 1. The molecule has 1 aliphatic rings. The molecule has 1 atom stereocenters. The number of fused-ring (bicyclic) bond motifs is 1. The monoisotopic (exact) mass is 340 g/mol. The molecule has 0 spiro atoms. The van der Waals surface area contributed by atoms with E-state index < -0.39 is 4.92 Å². The van der Waals surface area contributed by atoms with Gasteiger partial charge < -0.3 is 9.64 Å². The molecule has 0 radical (unpaired) electrons. The Bertz CT molecular complexity index is 819. The van der Waals surface area contributed by atoms with E-state index in [4.69, 9.17) is 4.74 Å². The number of nitrogens with zero attached hydrogens (tertiary/aromatic N) is 2. The van der Waals surface area contributed by atoms with Gasteiger partial charge in [-0.05, 0) is 24.1 Å². The molecule has 1 heterocycles. The van der Waals surface area contributed by atoms with Gasteiger partial charge in [0.25, 0.3) is 11.6 Å². The summed E-state index contributed by atoms with van der Waals surface area (Å²) >= 11 is 0. The molecule has 1 unspecified atom stereocenters. The molecule has 0 bridgehead atoms. The van der Waals surface area contributed by atoms with Gasteiger partial charge in [-0.3, -0.25) is 14.9 Å². The molecule has 2 aromatic rings. The van der Waals surface area contributed by atoms with Gasteiger partial charge in [-0.25, -0.2) is 0 Å². The number of amides is 1. The zero-order valence-corrected chi connectivity index (χ0v) is 14.3. The van der Waals surface area contributed by atoms with E-state index in [1.807, 2.05) is 18.2 Å². The zero-order valence-electron chi connectivity index (χ0n) is 14.3. The molecule has 1 amide bonds. The molecule has 0 N–H and O–H groups in total. The lowest BCUT2D eigenvalue weighted by molar-refractivity contribution is -0.385. The highest BCUT2D eigenvalue weighted by Crippen LogP contribution is 2.24. The fourth-order valence-electron chi connectivity index (χ4n) is 3.17. The third-order valence-electron chi connectivity index (χ3n) is 4.60. The average Bonchev–Trinajstić information content (AvgIpc) is 2.61. The molecule has 130 valence electrons. The SMILES string of the molecule is Cc1c(C(=O)N(C)CC2Cc3ccccc3CO2)cccc1[N+](=O)[O-]. The fourth-order valence-corrected chi connectivity index (χ4v) is 3.17. The van der Waals surface area contributed by atoms with Crippen LogP contribution < -0.4 is 0 Å². The Hall–Kier alpha value is -2.73. The van der Waals surface area contributed by atoms with Crippen molar-refractivity contribution in [2.75, 3.05) is 13.6 Å². The summed E-state index contributed by atoms with van der Waals surface area (Å²) in [5.74, 6) is -0.233. The summed E-state index contributed by atoms with van der Waals surface area (Å²) in [7, 11) is 1.70. The van der Waals surface area contributed by atoms with Crippen LogP contribution in [0.2, 0.25) is 0 Å². The maximum atomic E-state index is 12.7. The molecular formula is C19H20N2O4. The second-order valence-electron chi connectivity index (χ2n) is 6.30. The Morgan fingerprint density at radius 1 is 1.24 bits per heavy atom. The minimum atomic E-state index is -0.465. The first-order valence-corrected chi connectivity index (χ1v) is 8.15. The van der Waals surface area contributed by atoms with Crippen molar-refractivity contribution in [2.24, 2.45) is 0 Å². The predicted octanol–water partition coefficient (Wildman–Crippen LogP) is 3.12. The van der Waals surface area contributed by atoms with E-state index in [1.165, 1.54) is 17.2 Å². The summed E-state index contributed by atoms with van der Waals surface area (Å²) in [5, 5.41) is 11.1. The summed E-state index contributed by atoms with van der Waals surface area (Å²) in [6.07, 6.45) is 0.671. The minimum Gasteiger partial charge on any atom is -0.371 e. The van der Waals surface area contributed by atoms with Gasteiger partial charge in [-0.15, -0.1) is 0 Å². The van der Waals surface area contributed by atoms with Crippen molar-refractivity contribution in [1.82, 2.24) is 4.90 Å². The molecule has 1 aliphatic heterocycles. The van der Waals surface area contributed by atoms with Crippen molar-refractivity contribution in [3.63, 3.8) is 0 Å².